The largest absolute Gasteiger partial charge is 0.290 e. The first kappa shape index (κ1) is 19.4. The van der Waals surface area contributed by atoms with Crippen molar-refractivity contribution in [3.63, 3.8) is 0 Å². The Bertz CT molecular complexity index is 414. The summed E-state index contributed by atoms with van der Waals surface area (Å²) < 4.78 is 16.5. The molecular formula is C19H32O2S. The third kappa shape index (κ3) is 7.06. The number of benzene rings is 1. The molecule has 2 unspecified atom stereocenters. The van der Waals surface area contributed by atoms with E-state index in [1.54, 1.807) is 0 Å². The molecule has 0 spiro atoms. The van der Waals surface area contributed by atoms with Crippen molar-refractivity contribution in [1.29, 1.82) is 0 Å². The average molecular weight is 325 g/mol. The number of rotatable bonds is 12. The summed E-state index contributed by atoms with van der Waals surface area (Å²) in [4.78, 5) is 0.754. The highest BCUT2D eigenvalue weighted by molar-refractivity contribution is 7.80. The predicted octanol–water partition coefficient (Wildman–Crippen LogP) is 5.99. The van der Waals surface area contributed by atoms with Gasteiger partial charge in [-0.3, -0.25) is 4.18 Å². The number of unbranched alkanes of at least 4 members (excludes halogenated alkanes) is 5. The van der Waals surface area contributed by atoms with Crippen LogP contribution in [0.5, 0.6) is 0 Å². The summed E-state index contributed by atoms with van der Waals surface area (Å²) in [5.41, 5.74) is 1.39. The number of hydrogen-bond acceptors (Lipinski definition) is 2. The summed E-state index contributed by atoms with van der Waals surface area (Å²) in [6.45, 7) is 4.51. The molecule has 0 fully saturated rings. The highest BCUT2D eigenvalue weighted by atomic mass is 32.2. The Morgan fingerprint density at radius 3 is 2.00 bits per heavy atom. The Hall–Kier alpha value is -0.670. The lowest BCUT2D eigenvalue weighted by molar-refractivity contribution is 0.445. The Kier molecular flexibility index (Phi) is 10.4. The molecule has 0 aliphatic heterocycles. The van der Waals surface area contributed by atoms with Gasteiger partial charge in [0.1, 0.15) is 0 Å². The minimum Gasteiger partial charge on any atom is -0.290 e. The van der Waals surface area contributed by atoms with Gasteiger partial charge in [-0.05, 0) is 36.5 Å². The smallest absolute Gasteiger partial charge is 0.188 e. The molecule has 2 atom stereocenters. The lowest BCUT2D eigenvalue weighted by atomic mass is 9.88. The molecule has 126 valence electrons. The Morgan fingerprint density at radius 1 is 0.909 bits per heavy atom. The van der Waals surface area contributed by atoms with Gasteiger partial charge in [0.25, 0.3) is 0 Å². The Labute approximate surface area is 139 Å². The maximum absolute atomic E-state index is 11.6. The molecule has 0 N–H and O–H groups in total. The molecule has 1 rings (SSSR count). The number of hydrogen-bond donors (Lipinski definition) is 0. The van der Waals surface area contributed by atoms with Crippen LogP contribution in [0.2, 0.25) is 0 Å². The van der Waals surface area contributed by atoms with Crippen molar-refractivity contribution in [2.24, 2.45) is 0 Å². The van der Waals surface area contributed by atoms with Crippen LogP contribution in [0.15, 0.2) is 29.2 Å². The average Bonchev–Trinajstić information content (AvgIpc) is 2.56. The van der Waals surface area contributed by atoms with Gasteiger partial charge >= 0.3 is 0 Å². The van der Waals surface area contributed by atoms with Crippen LogP contribution < -0.4 is 0 Å². The molecule has 0 radical (unpaired) electrons. The summed E-state index contributed by atoms with van der Waals surface area (Å²) in [5.74, 6) is 0.647. The summed E-state index contributed by atoms with van der Waals surface area (Å²) >= 11 is -1.33. The zero-order valence-electron chi connectivity index (χ0n) is 14.5. The molecular weight excluding hydrogens is 292 g/mol. The first-order valence-electron chi connectivity index (χ1n) is 8.79. The molecule has 0 heterocycles. The van der Waals surface area contributed by atoms with Gasteiger partial charge < -0.3 is 0 Å². The van der Waals surface area contributed by atoms with Crippen molar-refractivity contribution in [2.75, 3.05) is 7.11 Å². The Balaban J connectivity index is 2.65. The van der Waals surface area contributed by atoms with Gasteiger partial charge in [-0.25, -0.2) is 4.21 Å². The maximum atomic E-state index is 11.6. The van der Waals surface area contributed by atoms with Crippen molar-refractivity contribution in [3.8, 4) is 0 Å². The van der Waals surface area contributed by atoms with Crippen molar-refractivity contribution >= 4 is 11.1 Å². The predicted molar refractivity (Wildman–Crippen MR) is 95.5 cm³/mol. The molecule has 1 aromatic carbocycles. The second kappa shape index (κ2) is 11.8. The van der Waals surface area contributed by atoms with Gasteiger partial charge in [0, 0.05) is 0 Å². The first-order valence-corrected chi connectivity index (χ1v) is 9.86. The fourth-order valence-electron chi connectivity index (χ4n) is 2.88. The topological polar surface area (TPSA) is 26.3 Å². The van der Waals surface area contributed by atoms with Crippen molar-refractivity contribution in [2.45, 2.75) is 82.4 Å². The van der Waals surface area contributed by atoms with Gasteiger partial charge in [0.2, 0.25) is 0 Å². The van der Waals surface area contributed by atoms with Crippen LogP contribution in [0.1, 0.15) is 83.1 Å². The monoisotopic (exact) mass is 324 g/mol. The van der Waals surface area contributed by atoms with Gasteiger partial charge in [0.05, 0.1) is 12.0 Å². The van der Waals surface area contributed by atoms with Crippen LogP contribution in [-0.4, -0.2) is 11.3 Å². The Morgan fingerprint density at radius 2 is 1.45 bits per heavy atom. The zero-order chi connectivity index (χ0) is 16.2. The third-order valence-electron chi connectivity index (χ3n) is 4.26. The molecule has 0 aliphatic rings. The van der Waals surface area contributed by atoms with E-state index in [9.17, 15) is 4.21 Å². The van der Waals surface area contributed by atoms with E-state index < -0.39 is 11.1 Å². The lowest BCUT2D eigenvalue weighted by Crippen LogP contribution is -2.01. The standard InChI is InChI=1S/C19H32O2S/c1-4-6-8-10-12-17(11-9-7-5-2)18-13-15-19(16-14-18)22(20)21-3/h13-17H,4-12H2,1-3H3. The van der Waals surface area contributed by atoms with E-state index in [-0.39, 0.29) is 0 Å². The minimum atomic E-state index is -1.33. The molecule has 0 saturated carbocycles. The van der Waals surface area contributed by atoms with E-state index in [0.717, 1.165) is 4.90 Å². The second-order valence-corrected chi connectivity index (χ2v) is 7.29. The van der Waals surface area contributed by atoms with E-state index in [0.29, 0.717) is 5.92 Å². The maximum Gasteiger partial charge on any atom is 0.188 e. The van der Waals surface area contributed by atoms with Crippen LogP contribution in [0.25, 0.3) is 0 Å². The summed E-state index contributed by atoms with van der Waals surface area (Å²) in [7, 11) is 1.48. The minimum absolute atomic E-state index is 0.647. The van der Waals surface area contributed by atoms with Gasteiger partial charge in [-0.15, -0.1) is 0 Å². The second-order valence-electron chi connectivity index (χ2n) is 6.01. The van der Waals surface area contributed by atoms with E-state index >= 15 is 0 Å². The van der Waals surface area contributed by atoms with Crippen LogP contribution in [0.4, 0.5) is 0 Å². The van der Waals surface area contributed by atoms with Gasteiger partial charge in [-0.2, -0.15) is 0 Å². The molecule has 0 aromatic heterocycles. The van der Waals surface area contributed by atoms with Gasteiger partial charge in [-0.1, -0.05) is 70.9 Å². The third-order valence-corrected chi connectivity index (χ3v) is 5.22. The zero-order valence-corrected chi connectivity index (χ0v) is 15.3. The first-order chi connectivity index (χ1) is 10.7. The molecule has 0 amide bonds. The normalized spacial score (nSPS) is 14.0. The molecule has 0 aliphatic carbocycles. The van der Waals surface area contributed by atoms with Crippen LogP contribution in [-0.2, 0) is 15.3 Å². The van der Waals surface area contributed by atoms with Crippen molar-refractivity contribution in [3.05, 3.63) is 29.8 Å². The van der Waals surface area contributed by atoms with Crippen molar-refractivity contribution in [1.82, 2.24) is 0 Å². The van der Waals surface area contributed by atoms with Crippen LogP contribution in [0, 0.1) is 0 Å². The molecule has 1 aromatic rings. The summed E-state index contributed by atoms with van der Waals surface area (Å²) in [6.07, 6.45) is 11.7. The summed E-state index contributed by atoms with van der Waals surface area (Å²) in [6, 6.07) is 8.19. The summed E-state index contributed by atoms with van der Waals surface area (Å²) in [5, 5.41) is 0. The quantitative estimate of drug-likeness (QED) is 0.441. The lowest BCUT2D eigenvalue weighted by Gasteiger charge is -2.18. The van der Waals surface area contributed by atoms with E-state index in [4.69, 9.17) is 4.18 Å². The van der Waals surface area contributed by atoms with E-state index in [2.05, 4.69) is 26.0 Å². The van der Waals surface area contributed by atoms with Gasteiger partial charge in [0.15, 0.2) is 11.1 Å². The molecule has 0 bridgehead atoms. The fourth-order valence-corrected chi connectivity index (χ4v) is 3.43. The molecule has 0 saturated heterocycles. The molecule has 22 heavy (non-hydrogen) atoms. The van der Waals surface area contributed by atoms with E-state index in [1.165, 1.54) is 70.5 Å². The highest BCUT2D eigenvalue weighted by Crippen LogP contribution is 2.29. The highest BCUT2D eigenvalue weighted by Gasteiger charge is 2.12. The van der Waals surface area contributed by atoms with Crippen molar-refractivity contribution < 1.29 is 8.39 Å². The molecule has 3 heteroatoms. The van der Waals surface area contributed by atoms with Crippen LogP contribution in [0.3, 0.4) is 0 Å². The fraction of sp³-hybridized carbons (Fsp3) is 0.684. The van der Waals surface area contributed by atoms with E-state index in [1.807, 2.05) is 12.1 Å². The molecule has 2 nitrogen and oxygen atoms in total. The SMILES string of the molecule is CCCCCCC(CCCCC)c1ccc(S(=O)OC)cc1. The van der Waals surface area contributed by atoms with Crippen LogP contribution >= 0.6 is 0 Å².